The fourth-order valence-corrected chi connectivity index (χ4v) is 4.22. The number of halogens is 2. The number of alkyl halides is 2. The van der Waals surface area contributed by atoms with Crippen LogP contribution in [0.2, 0.25) is 0 Å². The molecule has 0 saturated carbocycles. The zero-order valence-corrected chi connectivity index (χ0v) is 19.0. The predicted molar refractivity (Wildman–Crippen MR) is 121 cm³/mol. The van der Waals surface area contributed by atoms with Gasteiger partial charge in [-0.2, -0.15) is 13.9 Å². The molecule has 1 saturated heterocycles. The van der Waals surface area contributed by atoms with E-state index in [9.17, 15) is 18.4 Å². The molecule has 0 spiro atoms. The van der Waals surface area contributed by atoms with E-state index in [1.165, 1.54) is 18.5 Å². The SMILES string of the molecule is Cc1ccc(NC(=O)C2(c3ccccc3C(C)C)CN(C(=O)c3cn[nH]c3)C2)c(OC(F)F)n1. The van der Waals surface area contributed by atoms with Crippen molar-refractivity contribution in [3.63, 3.8) is 0 Å². The van der Waals surface area contributed by atoms with Crippen molar-refractivity contribution in [3.8, 4) is 5.88 Å². The van der Waals surface area contributed by atoms with Gasteiger partial charge < -0.3 is 15.0 Å². The molecule has 0 radical (unpaired) electrons. The molecule has 3 aromatic rings. The van der Waals surface area contributed by atoms with Gasteiger partial charge in [-0.3, -0.25) is 14.7 Å². The van der Waals surface area contributed by atoms with Gasteiger partial charge in [0.2, 0.25) is 11.8 Å². The van der Waals surface area contributed by atoms with E-state index in [0.717, 1.165) is 11.1 Å². The number of hydrogen-bond acceptors (Lipinski definition) is 5. The second-order valence-electron chi connectivity index (χ2n) is 8.61. The summed E-state index contributed by atoms with van der Waals surface area (Å²) >= 11 is 0. The third kappa shape index (κ3) is 4.35. The van der Waals surface area contributed by atoms with Crippen molar-refractivity contribution in [2.75, 3.05) is 18.4 Å². The fourth-order valence-electron chi connectivity index (χ4n) is 4.22. The van der Waals surface area contributed by atoms with Crippen molar-refractivity contribution in [2.45, 2.75) is 38.7 Å². The number of nitrogens with one attached hydrogen (secondary N) is 2. The fraction of sp³-hybridized carbons (Fsp3) is 0.333. The summed E-state index contributed by atoms with van der Waals surface area (Å²) < 4.78 is 30.4. The maximum atomic E-state index is 13.7. The zero-order valence-electron chi connectivity index (χ0n) is 19.0. The molecular weight excluding hydrogens is 444 g/mol. The lowest BCUT2D eigenvalue weighted by Gasteiger charge is -2.49. The molecule has 4 rings (SSSR count). The Morgan fingerprint density at radius 2 is 1.91 bits per heavy atom. The second-order valence-corrected chi connectivity index (χ2v) is 8.61. The maximum Gasteiger partial charge on any atom is 0.388 e. The van der Waals surface area contributed by atoms with Crippen LogP contribution in [0.3, 0.4) is 0 Å². The average Bonchev–Trinajstić information content (AvgIpc) is 3.29. The summed E-state index contributed by atoms with van der Waals surface area (Å²) in [6.45, 7) is 2.84. The molecule has 1 aliphatic heterocycles. The first kappa shape index (κ1) is 23.3. The van der Waals surface area contributed by atoms with Crippen LogP contribution in [0.4, 0.5) is 14.5 Å². The van der Waals surface area contributed by atoms with Crippen LogP contribution in [0.15, 0.2) is 48.8 Å². The Labute approximate surface area is 195 Å². The van der Waals surface area contributed by atoms with Crippen molar-refractivity contribution < 1.29 is 23.1 Å². The minimum absolute atomic E-state index is 0.0388. The lowest BCUT2D eigenvalue weighted by Crippen LogP contribution is -2.66. The van der Waals surface area contributed by atoms with Crippen molar-refractivity contribution in [2.24, 2.45) is 0 Å². The average molecular weight is 469 g/mol. The number of carbonyl (C=O) groups excluding carboxylic acids is 2. The Hall–Kier alpha value is -3.82. The largest absolute Gasteiger partial charge is 0.415 e. The monoisotopic (exact) mass is 469 g/mol. The topological polar surface area (TPSA) is 100 Å². The van der Waals surface area contributed by atoms with Crippen LogP contribution in [-0.4, -0.2) is 51.6 Å². The molecule has 3 heterocycles. The van der Waals surface area contributed by atoms with E-state index < -0.39 is 17.9 Å². The lowest BCUT2D eigenvalue weighted by atomic mass is 9.69. The van der Waals surface area contributed by atoms with Gasteiger partial charge >= 0.3 is 6.61 Å². The molecular formula is C24H25F2N5O3. The van der Waals surface area contributed by atoms with Crippen molar-refractivity contribution in [3.05, 3.63) is 71.2 Å². The summed E-state index contributed by atoms with van der Waals surface area (Å²) in [6.07, 6.45) is 2.92. The van der Waals surface area contributed by atoms with Crippen LogP contribution in [0, 0.1) is 6.92 Å². The highest BCUT2D eigenvalue weighted by molar-refractivity contribution is 6.04. The highest BCUT2D eigenvalue weighted by atomic mass is 19.3. The molecule has 10 heteroatoms. The van der Waals surface area contributed by atoms with E-state index >= 15 is 0 Å². The van der Waals surface area contributed by atoms with Crippen LogP contribution in [-0.2, 0) is 10.2 Å². The van der Waals surface area contributed by atoms with Gasteiger partial charge in [-0.25, -0.2) is 4.98 Å². The molecule has 2 aromatic heterocycles. The number of carbonyl (C=O) groups is 2. The smallest absolute Gasteiger partial charge is 0.388 e. The Balaban J connectivity index is 1.69. The van der Waals surface area contributed by atoms with Gasteiger partial charge in [-0.1, -0.05) is 38.1 Å². The molecule has 0 unspecified atom stereocenters. The number of benzene rings is 1. The minimum atomic E-state index is -3.09. The van der Waals surface area contributed by atoms with Crippen LogP contribution in [0.1, 0.15) is 46.9 Å². The van der Waals surface area contributed by atoms with Crippen LogP contribution in [0.25, 0.3) is 0 Å². The molecule has 0 aliphatic carbocycles. The highest BCUT2D eigenvalue weighted by Gasteiger charge is 2.53. The van der Waals surface area contributed by atoms with E-state index in [-0.39, 0.29) is 36.5 Å². The van der Waals surface area contributed by atoms with Crippen molar-refractivity contribution >= 4 is 17.5 Å². The number of aromatic amines is 1. The van der Waals surface area contributed by atoms with Gasteiger partial charge in [-0.15, -0.1) is 0 Å². The Kier molecular flexibility index (Phi) is 6.32. The summed E-state index contributed by atoms with van der Waals surface area (Å²) in [4.78, 5) is 32.1. The molecule has 1 fully saturated rings. The van der Waals surface area contributed by atoms with Crippen LogP contribution >= 0.6 is 0 Å². The number of pyridine rings is 1. The van der Waals surface area contributed by atoms with Gasteiger partial charge in [0, 0.05) is 25.0 Å². The number of likely N-dealkylation sites (tertiary alicyclic amines) is 1. The maximum absolute atomic E-state index is 13.7. The number of amides is 2. The Bertz CT molecular complexity index is 1190. The first-order chi connectivity index (χ1) is 16.2. The van der Waals surface area contributed by atoms with Gasteiger partial charge in [0.1, 0.15) is 11.1 Å². The van der Waals surface area contributed by atoms with Crippen molar-refractivity contribution in [1.29, 1.82) is 0 Å². The number of H-pyrrole nitrogens is 1. The van der Waals surface area contributed by atoms with Crippen LogP contribution < -0.4 is 10.1 Å². The third-order valence-corrected chi connectivity index (χ3v) is 5.94. The Morgan fingerprint density at radius 3 is 2.56 bits per heavy atom. The molecule has 0 atom stereocenters. The highest BCUT2D eigenvalue weighted by Crippen LogP contribution is 2.41. The van der Waals surface area contributed by atoms with Gasteiger partial charge in [0.15, 0.2) is 0 Å². The van der Waals surface area contributed by atoms with E-state index in [4.69, 9.17) is 0 Å². The number of ether oxygens (including phenoxy) is 1. The number of hydrogen-bond donors (Lipinski definition) is 2. The first-order valence-corrected chi connectivity index (χ1v) is 10.8. The van der Waals surface area contributed by atoms with E-state index in [1.807, 2.05) is 38.1 Å². The first-order valence-electron chi connectivity index (χ1n) is 10.8. The molecule has 34 heavy (non-hydrogen) atoms. The van der Waals surface area contributed by atoms with Gasteiger partial charge in [0.25, 0.3) is 5.91 Å². The Morgan fingerprint density at radius 1 is 1.18 bits per heavy atom. The third-order valence-electron chi connectivity index (χ3n) is 5.94. The number of anilines is 1. The summed E-state index contributed by atoms with van der Waals surface area (Å²) in [5, 5.41) is 9.15. The number of nitrogens with zero attached hydrogens (tertiary/aromatic N) is 3. The number of rotatable bonds is 7. The van der Waals surface area contributed by atoms with Gasteiger partial charge in [-0.05, 0) is 36.1 Å². The molecule has 0 bridgehead atoms. The van der Waals surface area contributed by atoms with Gasteiger partial charge in [0.05, 0.1) is 11.8 Å². The second kappa shape index (κ2) is 9.20. The summed E-state index contributed by atoms with van der Waals surface area (Å²) in [5.74, 6) is -0.917. The minimum Gasteiger partial charge on any atom is -0.415 e. The quantitative estimate of drug-likeness (QED) is 0.547. The molecule has 2 N–H and O–H groups in total. The molecule has 2 amide bonds. The molecule has 1 aromatic carbocycles. The van der Waals surface area contributed by atoms with E-state index in [1.54, 1.807) is 17.9 Å². The molecule has 178 valence electrons. The number of aryl methyl sites for hydroxylation is 1. The number of aromatic nitrogens is 3. The lowest BCUT2D eigenvalue weighted by molar-refractivity contribution is -0.126. The standard InChI is InChI=1S/C24H25F2N5O3/c1-14(2)17-6-4-5-7-18(17)24(12-31(13-24)21(32)16-10-27-28-11-16)22(33)30-19-9-8-15(3)29-20(19)34-23(25)26/h4-11,14,23H,12-13H2,1-3H3,(H,27,28)(H,30,33). The van der Waals surface area contributed by atoms with Crippen LogP contribution in [0.5, 0.6) is 5.88 Å². The summed E-state index contributed by atoms with van der Waals surface area (Å²) in [7, 11) is 0. The summed E-state index contributed by atoms with van der Waals surface area (Å²) in [6, 6.07) is 10.6. The van der Waals surface area contributed by atoms with E-state index in [2.05, 4.69) is 25.2 Å². The molecule has 1 aliphatic rings. The zero-order chi connectivity index (χ0) is 24.5. The summed E-state index contributed by atoms with van der Waals surface area (Å²) in [5.41, 5.74) is 1.58. The van der Waals surface area contributed by atoms with Crippen molar-refractivity contribution in [1.82, 2.24) is 20.1 Å². The predicted octanol–water partition coefficient (Wildman–Crippen LogP) is 3.87. The van der Waals surface area contributed by atoms with E-state index in [0.29, 0.717) is 11.3 Å². The molecule has 8 nitrogen and oxygen atoms in total. The normalized spacial score (nSPS) is 14.7.